The van der Waals surface area contributed by atoms with E-state index in [1.165, 1.54) is 0 Å². The minimum absolute atomic E-state index is 0.000486. The number of aliphatic hydroxyl groups is 1. The first-order valence-corrected chi connectivity index (χ1v) is 2.90. The van der Waals surface area contributed by atoms with Crippen LogP contribution in [-0.2, 0) is 0 Å². The molecule has 0 fully saturated rings. The molecule has 5 heteroatoms. The van der Waals surface area contributed by atoms with Crippen LogP contribution in [-0.4, -0.2) is 23.9 Å². The molecule has 0 rings (SSSR count). The summed E-state index contributed by atoms with van der Waals surface area (Å²) in [5.41, 5.74) is 4.92. The molecule has 0 bridgehead atoms. The minimum atomic E-state index is -4.28. The van der Waals surface area contributed by atoms with E-state index < -0.39 is 18.7 Å². The van der Waals surface area contributed by atoms with Crippen molar-refractivity contribution < 1.29 is 18.3 Å². The molecule has 62 valence electrons. The maximum Gasteiger partial charge on any atom is 0.391 e. The smallest absolute Gasteiger partial charge is 0.391 e. The third-order valence-electron chi connectivity index (χ3n) is 0.967. The van der Waals surface area contributed by atoms with Gasteiger partial charge in [-0.25, -0.2) is 0 Å². The van der Waals surface area contributed by atoms with E-state index in [-0.39, 0.29) is 13.0 Å². The van der Waals surface area contributed by atoms with E-state index in [1.807, 2.05) is 0 Å². The van der Waals surface area contributed by atoms with E-state index >= 15 is 0 Å². The Kier molecular flexibility index (Phi) is 3.67. The van der Waals surface area contributed by atoms with Crippen LogP contribution >= 0.6 is 0 Å². The van der Waals surface area contributed by atoms with Crippen molar-refractivity contribution >= 4 is 0 Å². The van der Waals surface area contributed by atoms with E-state index in [4.69, 9.17) is 10.8 Å². The molecule has 0 spiro atoms. The minimum Gasteiger partial charge on any atom is -0.393 e. The molecule has 0 amide bonds. The molecule has 0 unspecified atom stereocenters. The van der Waals surface area contributed by atoms with Gasteiger partial charge in [0.2, 0.25) is 0 Å². The van der Waals surface area contributed by atoms with E-state index in [1.54, 1.807) is 0 Å². The van der Waals surface area contributed by atoms with Crippen molar-refractivity contribution in [3.8, 4) is 0 Å². The molecule has 0 aromatic heterocycles. The third kappa shape index (κ3) is 5.84. The first-order valence-electron chi connectivity index (χ1n) is 2.90. The van der Waals surface area contributed by atoms with Gasteiger partial charge in [0, 0.05) is 0 Å². The molecule has 1 atom stereocenters. The average Bonchev–Trinajstić information content (AvgIpc) is 1.59. The summed E-state index contributed by atoms with van der Waals surface area (Å²) in [4.78, 5) is 0. The van der Waals surface area contributed by atoms with Crippen LogP contribution in [0.25, 0.3) is 0 Å². The van der Waals surface area contributed by atoms with Crippen molar-refractivity contribution in [1.29, 1.82) is 0 Å². The first kappa shape index (κ1) is 9.71. The van der Waals surface area contributed by atoms with Gasteiger partial charge in [-0.05, 0) is 13.0 Å². The van der Waals surface area contributed by atoms with Gasteiger partial charge >= 0.3 is 6.18 Å². The van der Waals surface area contributed by atoms with Crippen LogP contribution in [0.5, 0.6) is 0 Å². The molecule has 3 N–H and O–H groups in total. The Labute approximate surface area is 56.8 Å². The van der Waals surface area contributed by atoms with Crippen molar-refractivity contribution in [2.75, 3.05) is 6.54 Å². The summed E-state index contributed by atoms with van der Waals surface area (Å²) in [6, 6.07) is 0. The summed E-state index contributed by atoms with van der Waals surface area (Å²) in [6.45, 7) is 0.0806. The fraction of sp³-hybridized carbons (Fsp3) is 1.00. The number of hydrogen-bond acceptors (Lipinski definition) is 2. The third-order valence-corrected chi connectivity index (χ3v) is 0.967. The van der Waals surface area contributed by atoms with Crippen molar-refractivity contribution in [2.24, 2.45) is 5.73 Å². The molecule has 10 heavy (non-hydrogen) atoms. The fourth-order valence-electron chi connectivity index (χ4n) is 0.562. The summed E-state index contributed by atoms with van der Waals surface area (Å²) >= 11 is 0. The largest absolute Gasteiger partial charge is 0.393 e. The van der Waals surface area contributed by atoms with Gasteiger partial charge in [-0.15, -0.1) is 0 Å². The molecular formula is C5H10F3NO. The zero-order chi connectivity index (χ0) is 8.20. The Morgan fingerprint density at radius 2 is 1.90 bits per heavy atom. The molecule has 0 aliphatic rings. The quantitative estimate of drug-likeness (QED) is 0.631. The van der Waals surface area contributed by atoms with Crippen LogP contribution in [0.1, 0.15) is 12.8 Å². The molecule has 0 aliphatic carbocycles. The molecule has 0 radical (unpaired) electrons. The lowest BCUT2D eigenvalue weighted by Crippen LogP contribution is -2.21. The van der Waals surface area contributed by atoms with Gasteiger partial charge in [0.05, 0.1) is 12.5 Å². The first-order chi connectivity index (χ1) is 4.45. The predicted molar refractivity (Wildman–Crippen MR) is 30.4 cm³/mol. The van der Waals surface area contributed by atoms with Gasteiger partial charge in [0.25, 0.3) is 0 Å². The molecule has 0 saturated heterocycles. The number of hydrogen-bond donors (Lipinski definition) is 2. The standard InChI is InChI=1S/C5H10F3NO/c6-5(7,8)3-4(10)1-2-9/h4,10H,1-3,9H2/t4-/m0/s1. The molecular weight excluding hydrogens is 147 g/mol. The van der Waals surface area contributed by atoms with E-state index in [9.17, 15) is 13.2 Å². The number of nitrogens with two attached hydrogens (primary N) is 1. The lowest BCUT2D eigenvalue weighted by atomic mass is 10.2. The van der Waals surface area contributed by atoms with Crippen LogP contribution in [0.3, 0.4) is 0 Å². The van der Waals surface area contributed by atoms with Crippen molar-refractivity contribution in [3.05, 3.63) is 0 Å². The number of aliphatic hydroxyl groups excluding tert-OH is 1. The molecule has 0 aromatic carbocycles. The highest BCUT2D eigenvalue weighted by molar-refractivity contribution is 4.61. The lowest BCUT2D eigenvalue weighted by Gasteiger charge is -2.10. The second-order valence-electron chi connectivity index (χ2n) is 2.05. The van der Waals surface area contributed by atoms with Crippen LogP contribution in [0.15, 0.2) is 0 Å². The van der Waals surface area contributed by atoms with E-state index in [0.717, 1.165) is 0 Å². The summed E-state index contributed by atoms with van der Waals surface area (Å²) in [6.07, 6.45) is -6.79. The SMILES string of the molecule is NCC[C@H](O)CC(F)(F)F. The van der Waals surface area contributed by atoms with Crippen molar-refractivity contribution in [3.63, 3.8) is 0 Å². The topological polar surface area (TPSA) is 46.2 Å². The maximum atomic E-state index is 11.4. The fourth-order valence-corrected chi connectivity index (χ4v) is 0.562. The Morgan fingerprint density at radius 3 is 2.20 bits per heavy atom. The average molecular weight is 157 g/mol. The molecule has 0 aromatic rings. The summed E-state index contributed by atoms with van der Waals surface area (Å²) in [5, 5.41) is 8.58. The molecule has 0 heterocycles. The predicted octanol–water partition coefficient (Wildman–Crippen LogP) is 0.649. The zero-order valence-corrected chi connectivity index (χ0v) is 5.36. The molecule has 2 nitrogen and oxygen atoms in total. The van der Waals surface area contributed by atoms with Gasteiger partial charge in [0.15, 0.2) is 0 Å². The van der Waals surface area contributed by atoms with Gasteiger partial charge in [-0.2, -0.15) is 13.2 Å². The number of halogens is 3. The van der Waals surface area contributed by atoms with Gasteiger partial charge in [0.1, 0.15) is 0 Å². The Balaban J connectivity index is 3.47. The van der Waals surface area contributed by atoms with Crippen molar-refractivity contribution in [1.82, 2.24) is 0 Å². The van der Waals surface area contributed by atoms with E-state index in [2.05, 4.69) is 0 Å². The van der Waals surface area contributed by atoms with E-state index in [0.29, 0.717) is 0 Å². The van der Waals surface area contributed by atoms with Gasteiger partial charge < -0.3 is 10.8 Å². The van der Waals surface area contributed by atoms with Crippen LogP contribution < -0.4 is 5.73 Å². The molecule has 0 aliphatic heterocycles. The van der Waals surface area contributed by atoms with Crippen LogP contribution in [0.2, 0.25) is 0 Å². The van der Waals surface area contributed by atoms with Gasteiger partial charge in [-0.3, -0.25) is 0 Å². The van der Waals surface area contributed by atoms with Crippen LogP contribution in [0.4, 0.5) is 13.2 Å². The number of rotatable bonds is 3. The van der Waals surface area contributed by atoms with Gasteiger partial charge in [-0.1, -0.05) is 0 Å². The lowest BCUT2D eigenvalue weighted by molar-refractivity contribution is -0.153. The summed E-state index contributed by atoms with van der Waals surface area (Å²) < 4.78 is 34.3. The zero-order valence-electron chi connectivity index (χ0n) is 5.36. The van der Waals surface area contributed by atoms with Crippen molar-refractivity contribution in [2.45, 2.75) is 25.1 Å². The number of alkyl halides is 3. The highest BCUT2D eigenvalue weighted by Crippen LogP contribution is 2.22. The highest BCUT2D eigenvalue weighted by atomic mass is 19.4. The molecule has 0 saturated carbocycles. The monoisotopic (exact) mass is 157 g/mol. The highest BCUT2D eigenvalue weighted by Gasteiger charge is 2.30. The van der Waals surface area contributed by atoms with Crippen LogP contribution in [0, 0.1) is 0 Å². The normalized spacial score (nSPS) is 15.3. The summed E-state index contributed by atoms with van der Waals surface area (Å²) in [5.74, 6) is 0. The second kappa shape index (κ2) is 3.78. The summed E-state index contributed by atoms with van der Waals surface area (Å²) in [7, 11) is 0. The Hall–Kier alpha value is -0.290. The second-order valence-corrected chi connectivity index (χ2v) is 2.05. The Morgan fingerprint density at radius 1 is 1.40 bits per heavy atom. The Bertz CT molecular complexity index is 93.4. The maximum absolute atomic E-state index is 11.4.